The number of carbonyl (C=O) groups excluding carboxylic acids is 1. The van der Waals surface area contributed by atoms with Crippen LogP contribution in [0.1, 0.15) is 5.56 Å². The summed E-state index contributed by atoms with van der Waals surface area (Å²) in [5.74, 6) is -1.08. The standard InChI is InChI=1S/C12H10Br2O5/c1-18-11(17)6-19-12-8(13)4-7(5-9(12)14)2-3-10(15)16/h2-5H,6H2,1H3,(H,15,16)/b3-2+. The van der Waals surface area contributed by atoms with Crippen LogP contribution in [0.2, 0.25) is 0 Å². The monoisotopic (exact) mass is 392 g/mol. The first-order valence-corrected chi connectivity index (χ1v) is 6.62. The molecule has 19 heavy (non-hydrogen) atoms. The maximum Gasteiger partial charge on any atom is 0.343 e. The molecule has 1 N–H and O–H groups in total. The third kappa shape index (κ3) is 5.04. The van der Waals surface area contributed by atoms with E-state index in [0.717, 1.165) is 6.08 Å². The number of esters is 1. The zero-order valence-corrected chi connectivity index (χ0v) is 13.0. The average Bonchev–Trinajstić information content (AvgIpc) is 2.34. The maximum absolute atomic E-state index is 11.0. The van der Waals surface area contributed by atoms with Gasteiger partial charge < -0.3 is 14.6 Å². The van der Waals surface area contributed by atoms with Crippen LogP contribution in [0.25, 0.3) is 6.08 Å². The van der Waals surface area contributed by atoms with E-state index in [9.17, 15) is 9.59 Å². The van der Waals surface area contributed by atoms with Crippen LogP contribution >= 0.6 is 31.9 Å². The van der Waals surface area contributed by atoms with Gasteiger partial charge in [-0.1, -0.05) is 0 Å². The third-order valence-corrected chi connectivity index (χ3v) is 3.18. The normalized spacial score (nSPS) is 10.5. The Hall–Kier alpha value is -1.34. The topological polar surface area (TPSA) is 72.8 Å². The van der Waals surface area contributed by atoms with Crippen LogP contribution in [-0.2, 0) is 14.3 Å². The summed E-state index contributed by atoms with van der Waals surface area (Å²) < 4.78 is 10.9. The van der Waals surface area contributed by atoms with Gasteiger partial charge in [0.2, 0.25) is 0 Å². The van der Waals surface area contributed by atoms with Crippen molar-refractivity contribution in [1.29, 1.82) is 0 Å². The van der Waals surface area contributed by atoms with E-state index in [4.69, 9.17) is 9.84 Å². The molecule has 0 aliphatic rings. The van der Waals surface area contributed by atoms with Gasteiger partial charge in [-0.25, -0.2) is 9.59 Å². The highest BCUT2D eigenvalue weighted by atomic mass is 79.9. The lowest BCUT2D eigenvalue weighted by Gasteiger charge is -2.10. The number of methoxy groups -OCH3 is 1. The van der Waals surface area contributed by atoms with Gasteiger partial charge >= 0.3 is 11.9 Å². The molecule has 1 aromatic carbocycles. The molecule has 0 bridgehead atoms. The van der Waals surface area contributed by atoms with E-state index in [1.165, 1.54) is 13.2 Å². The van der Waals surface area contributed by atoms with Crippen LogP contribution in [0.3, 0.4) is 0 Å². The largest absolute Gasteiger partial charge is 0.480 e. The van der Waals surface area contributed by atoms with E-state index in [1.807, 2.05) is 0 Å². The number of rotatable bonds is 5. The molecule has 0 unspecified atom stereocenters. The zero-order chi connectivity index (χ0) is 14.4. The van der Waals surface area contributed by atoms with Crippen molar-refractivity contribution in [3.8, 4) is 5.75 Å². The lowest BCUT2D eigenvalue weighted by molar-refractivity contribution is -0.143. The Morgan fingerprint density at radius 2 is 1.89 bits per heavy atom. The van der Waals surface area contributed by atoms with Crippen LogP contribution in [0.15, 0.2) is 27.2 Å². The van der Waals surface area contributed by atoms with Gasteiger partial charge in [-0.05, 0) is 55.6 Å². The molecule has 0 heterocycles. The number of halogens is 2. The summed E-state index contributed by atoms with van der Waals surface area (Å²) in [4.78, 5) is 21.4. The van der Waals surface area contributed by atoms with Crippen molar-refractivity contribution in [2.24, 2.45) is 0 Å². The van der Waals surface area contributed by atoms with Gasteiger partial charge in [0.15, 0.2) is 6.61 Å². The smallest absolute Gasteiger partial charge is 0.343 e. The predicted octanol–water partition coefficient (Wildman–Crippen LogP) is 2.86. The summed E-state index contributed by atoms with van der Waals surface area (Å²) >= 11 is 6.58. The fraction of sp³-hybridized carbons (Fsp3) is 0.167. The SMILES string of the molecule is COC(=O)COc1c(Br)cc(/C=C/C(=O)O)cc1Br. The number of hydrogen-bond donors (Lipinski definition) is 1. The lowest BCUT2D eigenvalue weighted by atomic mass is 10.2. The molecule has 0 saturated heterocycles. The van der Waals surface area contributed by atoms with E-state index in [0.29, 0.717) is 20.3 Å². The first-order chi connectivity index (χ1) is 8.93. The summed E-state index contributed by atoms with van der Waals surface area (Å²) in [7, 11) is 1.27. The molecule has 1 aromatic rings. The van der Waals surface area contributed by atoms with Crippen LogP contribution < -0.4 is 4.74 Å². The minimum absolute atomic E-state index is 0.210. The zero-order valence-electron chi connectivity index (χ0n) is 9.85. The van der Waals surface area contributed by atoms with E-state index >= 15 is 0 Å². The van der Waals surface area contributed by atoms with Crippen molar-refractivity contribution >= 4 is 49.9 Å². The van der Waals surface area contributed by atoms with E-state index in [1.54, 1.807) is 12.1 Å². The molecule has 1 rings (SSSR count). The quantitative estimate of drug-likeness (QED) is 0.615. The van der Waals surface area contributed by atoms with E-state index in [2.05, 4.69) is 36.6 Å². The fourth-order valence-corrected chi connectivity index (χ4v) is 2.62. The molecular weight excluding hydrogens is 384 g/mol. The molecule has 0 amide bonds. The van der Waals surface area contributed by atoms with Gasteiger partial charge in [0.25, 0.3) is 0 Å². The second-order valence-electron chi connectivity index (χ2n) is 3.35. The van der Waals surface area contributed by atoms with Crippen molar-refractivity contribution in [3.63, 3.8) is 0 Å². The molecular formula is C12H10Br2O5. The summed E-state index contributed by atoms with van der Waals surface area (Å²) in [5, 5.41) is 8.55. The number of carbonyl (C=O) groups is 2. The maximum atomic E-state index is 11.0. The Morgan fingerprint density at radius 1 is 1.32 bits per heavy atom. The number of carboxylic acid groups (broad SMARTS) is 1. The van der Waals surface area contributed by atoms with Gasteiger partial charge in [-0.15, -0.1) is 0 Å². The van der Waals surface area contributed by atoms with Crippen molar-refractivity contribution in [3.05, 3.63) is 32.7 Å². The van der Waals surface area contributed by atoms with Crippen molar-refractivity contribution in [1.82, 2.24) is 0 Å². The first kappa shape index (κ1) is 15.7. The van der Waals surface area contributed by atoms with Crippen molar-refractivity contribution in [2.45, 2.75) is 0 Å². The van der Waals surface area contributed by atoms with Gasteiger partial charge in [0.1, 0.15) is 5.75 Å². The molecule has 0 radical (unpaired) electrons. The van der Waals surface area contributed by atoms with Gasteiger partial charge in [-0.3, -0.25) is 0 Å². The predicted molar refractivity (Wildman–Crippen MR) is 76.0 cm³/mol. The Morgan fingerprint density at radius 3 is 2.37 bits per heavy atom. The minimum Gasteiger partial charge on any atom is -0.480 e. The molecule has 7 heteroatoms. The minimum atomic E-state index is -1.03. The van der Waals surface area contributed by atoms with E-state index < -0.39 is 11.9 Å². The van der Waals surface area contributed by atoms with Crippen LogP contribution in [-0.4, -0.2) is 30.8 Å². The summed E-state index contributed by atoms with van der Waals surface area (Å²) in [6.45, 7) is -0.210. The Kier molecular flexibility index (Phi) is 6.04. The Balaban J connectivity index is 2.91. The van der Waals surface area contributed by atoms with Crippen LogP contribution in [0, 0.1) is 0 Å². The number of aliphatic carboxylic acids is 1. The van der Waals surface area contributed by atoms with Crippen molar-refractivity contribution in [2.75, 3.05) is 13.7 Å². The number of carboxylic acids is 1. The molecule has 0 aromatic heterocycles. The fourth-order valence-electron chi connectivity index (χ4n) is 1.17. The molecule has 0 aliphatic carbocycles. The number of ether oxygens (including phenoxy) is 2. The highest BCUT2D eigenvalue weighted by Crippen LogP contribution is 2.35. The number of hydrogen-bond acceptors (Lipinski definition) is 4. The number of benzene rings is 1. The Labute approximate surface area is 126 Å². The summed E-state index contributed by atoms with van der Waals surface area (Å²) in [5.41, 5.74) is 0.673. The average molecular weight is 394 g/mol. The molecule has 0 saturated carbocycles. The third-order valence-electron chi connectivity index (χ3n) is 2.00. The first-order valence-electron chi connectivity index (χ1n) is 5.03. The summed E-state index contributed by atoms with van der Waals surface area (Å²) in [6.07, 6.45) is 2.48. The van der Waals surface area contributed by atoms with E-state index in [-0.39, 0.29) is 6.61 Å². The lowest BCUT2D eigenvalue weighted by Crippen LogP contribution is -2.13. The molecule has 102 valence electrons. The van der Waals surface area contributed by atoms with Gasteiger partial charge in [-0.2, -0.15) is 0 Å². The van der Waals surface area contributed by atoms with Crippen molar-refractivity contribution < 1.29 is 24.2 Å². The molecule has 0 atom stereocenters. The second kappa shape index (κ2) is 7.30. The second-order valence-corrected chi connectivity index (χ2v) is 5.06. The highest BCUT2D eigenvalue weighted by molar-refractivity contribution is 9.11. The van der Waals surface area contributed by atoms with Crippen LogP contribution in [0.5, 0.6) is 5.75 Å². The molecule has 5 nitrogen and oxygen atoms in total. The molecule has 0 spiro atoms. The summed E-state index contributed by atoms with van der Waals surface area (Å²) in [6, 6.07) is 3.35. The highest BCUT2D eigenvalue weighted by Gasteiger charge is 2.10. The molecule has 0 fully saturated rings. The molecule has 0 aliphatic heterocycles. The van der Waals surface area contributed by atoms with Gasteiger partial charge in [0.05, 0.1) is 16.1 Å². The van der Waals surface area contributed by atoms with Gasteiger partial charge in [0, 0.05) is 6.08 Å². The van der Waals surface area contributed by atoms with Crippen LogP contribution in [0.4, 0.5) is 0 Å². The Bertz CT molecular complexity index is 502.